The number of rotatable bonds is 4. The lowest BCUT2D eigenvalue weighted by molar-refractivity contribution is -0.123. The van der Waals surface area contributed by atoms with Gasteiger partial charge in [-0.05, 0) is 36.6 Å². The summed E-state index contributed by atoms with van der Waals surface area (Å²) in [6, 6.07) is 15.7. The highest BCUT2D eigenvalue weighted by Crippen LogP contribution is 2.24. The highest BCUT2D eigenvalue weighted by atomic mass is 35.5. The van der Waals surface area contributed by atoms with Crippen molar-refractivity contribution in [2.45, 2.75) is 32.0 Å². The van der Waals surface area contributed by atoms with Gasteiger partial charge in [-0.25, -0.2) is 10.9 Å². The number of amides is 1. The van der Waals surface area contributed by atoms with E-state index >= 15 is 0 Å². The number of carbonyl (C=O) groups is 1. The third-order valence-corrected chi connectivity index (χ3v) is 4.26. The molecule has 2 aromatic rings. The van der Waals surface area contributed by atoms with E-state index in [4.69, 9.17) is 11.6 Å². The molecule has 120 valence electrons. The number of halogens is 1. The van der Waals surface area contributed by atoms with Crippen LogP contribution < -0.4 is 16.2 Å². The van der Waals surface area contributed by atoms with Crippen LogP contribution in [0.1, 0.15) is 29.2 Å². The normalized spacial score (nSPS) is 20.4. The van der Waals surface area contributed by atoms with E-state index in [0.29, 0.717) is 18.0 Å². The molecular weight excluding hydrogens is 310 g/mol. The summed E-state index contributed by atoms with van der Waals surface area (Å²) in [4.78, 5) is 12.3. The van der Waals surface area contributed by atoms with E-state index in [1.807, 2.05) is 49.4 Å². The first-order valence-electron chi connectivity index (χ1n) is 7.71. The van der Waals surface area contributed by atoms with Crippen molar-refractivity contribution >= 4 is 17.5 Å². The molecule has 1 heterocycles. The van der Waals surface area contributed by atoms with E-state index in [1.54, 1.807) is 0 Å². The standard InChI is InChI=1S/C18H20ClN3O/c1-12-4-2-5-13(8-12)11-20-18(23)17-10-16(21-22-17)14-6-3-7-15(19)9-14/h2-9,16-17,21-22H,10-11H2,1H3,(H,20,23). The molecule has 23 heavy (non-hydrogen) atoms. The fourth-order valence-corrected chi connectivity index (χ4v) is 3.00. The van der Waals surface area contributed by atoms with Gasteiger partial charge in [0.05, 0.1) is 0 Å². The van der Waals surface area contributed by atoms with Crippen molar-refractivity contribution in [2.75, 3.05) is 0 Å². The van der Waals surface area contributed by atoms with Gasteiger partial charge in [0.25, 0.3) is 0 Å². The molecule has 0 spiro atoms. The third kappa shape index (κ3) is 4.10. The number of nitrogens with one attached hydrogen (secondary N) is 3. The van der Waals surface area contributed by atoms with Crippen molar-refractivity contribution < 1.29 is 4.79 Å². The van der Waals surface area contributed by atoms with Crippen LogP contribution in [0.5, 0.6) is 0 Å². The first-order valence-corrected chi connectivity index (χ1v) is 8.09. The van der Waals surface area contributed by atoms with Crippen molar-refractivity contribution in [3.05, 3.63) is 70.2 Å². The molecule has 1 fully saturated rings. The van der Waals surface area contributed by atoms with Crippen LogP contribution in [0.25, 0.3) is 0 Å². The Kier molecular flexibility index (Phi) is 4.96. The first-order chi connectivity index (χ1) is 11.1. The number of aryl methyl sites for hydroxylation is 1. The SMILES string of the molecule is Cc1cccc(CNC(=O)C2CC(c3cccc(Cl)c3)NN2)c1. The van der Waals surface area contributed by atoms with Gasteiger partial charge < -0.3 is 5.32 Å². The average Bonchev–Trinajstić information content (AvgIpc) is 3.03. The Bertz CT molecular complexity index is 704. The molecule has 4 nitrogen and oxygen atoms in total. The maximum atomic E-state index is 12.3. The van der Waals surface area contributed by atoms with Crippen molar-refractivity contribution in [1.29, 1.82) is 0 Å². The Morgan fingerprint density at radius 1 is 1.22 bits per heavy atom. The minimum atomic E-state index is -0.246. The van der Waals surface area contributed by atoms with Gasteiger partial charge in [0.15, 0.2) is 0 Å². The topological polar surface area (TPSA) is 53.2 Å². The lowest BCUT2D eigenvalue weighted by atomic mass is 10.0. The summed E-state index contributed by atoms with van der Waals surface area (Å²) in [5.74, 6) is 0.00327. The molecule has 0 aromatic heterocycles. The van der Waals surface area contributed by atoms with Crippen LogP contribution in [0.2, 0.25) is 5.02 Å². The van der Waals surface area contributed by atoms with Crippen LogP contribution in [-0.4, -0.2) is 11.9 Å². The van der Waals surface area contributed by atoms with E-state index in [2.05, 4.69) is 22.2 Å². The number of hydrogen-bond donors (Lipinski definition) is 3. The minimum absolute atomic E-state index is 0.00327. The summed E-state index contributed by atoms with van der Waals surface area (Å²) in [6.45, 7) is 2.59. The Morgan fingerprint density at radius 2 is 2.04 bits per heavy atom. The fraction of sp³-hybridized carbons (Fsp3) is 0.278. The number of benzene rings is 2. The van der Waals surface area contributed by atoms with Gasteiger partial charge in [-0.3, -0.25) is 4.79 Å². The highest BCUT2D eigenvalue weighted by Gasteiger charge is 2.29. The molecule has 2 aromatic carbocycles. The maximum Gasteiger partial charge on any atom is 0.238 e. The Morgan fingerprint density at radius 3 is 2.83 bits per heavy atom. The molecule has 0 bridgehead atoms. The van der Waals surface area contributed by atoms with Crippen LogP contribution in [0.15, 0.2) is 48.5 Å². The number of hydrazine groups is 1. The molecule has 2 unspecified atom stereocenters. The molecule has 2 atom stereocenters. The van der Waals surface area contributed by atoms with E-state index in [-0.39, 0.29) is 18.0 Å². The molecular formula is C18H20ClN3O. The monoisotopic (exact) mass is 329 g/mol. The summed E-state index contributed by atoms with van der Waals surface area (Å²) in [5, 5.41) is 3.69. The van der Waals surface area contributed by atoms with Gasteiger partial charge in [-0.15, -0.1) is 0 Å². The largest absolute Gasteiger partial charge is 0.351 e. The molecule has 1 amide bonds. The highest BCUT2D eigenvalue weighted by molar-refractivity contribution is 6.30. The molecule has 0 radical (unpaired) electrons. The Labute approximate surface area is 141 Å². The zero-order valence-corrected chi connectivity index (χ0v) is 13.7. The predicted octanol–water partition coefficient (Wildman–Crippen LogP) is 2.87. The number of carbonyl (C=O) groups excluding carboxylic acids is 1. The Balaban J connectivity index is 1.55. The van der Waals surface area contributed by atoms with Crippen LogP contribution in [0.3, 0.4) is 0 Å². The molecule has 5 heteroatoms. The van der Waals surface area contributed by atoms with Gasteiger partial charge in [0.2, 0.25) is 5.91 Å². The van der Waals surface area contributed by atoms with Crippen LogP contribution in [0, 0.1) is 6.92 Å². The van der Waals surface area contributed by atoms with Crippen LogP contribution >= 0.6 is 11.6 Å². The predicted molar refractivity (Wildman–Crippen MR) is 91.9 cm³/mol. The zero-order valence-electron chi connectivity index (χ0n) is 13.0. The van der Waals surface area contributed by atoms with Crippen molar-refractivity contribution in [3.63, 3.8) is 0 Å². The summed E-state index contributed by atoms with van der Waals surface area (Å²) in [7, 11) is 0. The Hall–Kier alpha value is -1.88. The lowest BCUT2D eigenvalue weighted by Crippen LogP contribution is -2.42. The van der Waals surface area contributed by atoms with Crippen LogP contribution in [0.4, 0.5) is 0 Å². The molecule has 3 N–H and O–H groups in total. The van der Waals surface area contributed by atoms with Crippen LogP contribution in [-0.2, 0) is 11.3 Å². The summed E-state index contributed by atoms with van der Waals surface area (Å²) >= 11 is 6.03. The molecule has 1 aliphatic heterocycles. The second-order valence-corrected chi connectivity index (χ2v) is 6.33. The summed E-state index contributed by atoms with van der Waals surface area (Å²) in [6.07, 6.45) is 0.694. The third-order valence-electron chi connectivity index (χ3n) is 4.02. The van der Waals surface area contributed by atoms with Gasteiger partial charge in [0, 0.05) is 17.6 Å². The van der Waals surface area contributed by atoms with Gasteiger partial charge in [0.1, 0.15) is 6.04 Å². The maximum absolute atomic E-state index is 12.3. The zero-order chi connectivity index (χ0) is 16.2. The molecule has 0 saturated carbocycles. The average molecular weight is 330 g/mol. The number of hydrogen-bond acceptors (Lipinski definition) is 3. The smallest absolute Gasteiger partial charge is 0.238 e. The van der Waals surface area contributed by atoms with E-state index in [0.717, 1.165) is 11.1 Å². The van der Waals surface area contributed by atoms with E-state index < -0.39 is 0 Å². The second kappa shape index (κ2) is 7.13. The summed E-state index contributed by atoms with van der Waals surface area (Å²) in [5.41, 5.74) is 9.62. The quantitative estimate of drug-likeness (QED) is 0.808. The summed E-state index contributed by atoms with van der Waals surface area (Å²) < 4.78 is 0. The van der Waals surface area contributed by atoms with Crippen molar-refractivity contribution in [2.24, 2.45) is 0 Å². The first kappa shape index (κ1) is 16.0. The van der Waals surface area contributed by atoms with Gasteiger partial charge >= 0.3 is 0 Å². The fourth-order valence-electron chi connectivity index (χ4n) is 2.80. The lowest BCUT2D eigenvalue weighted by Gasteiger charge is -2.11. The van der Waals surface area contributed by atoms with Crippen molar-refractivity contribution in [1.82, 2.24) is 16.2 Å². The van der Waals surface area contributed by atoms with E-state index in [1.165, 1.54) is 5.56 Å². The minimum Gasteiger partial charge on any atom is -0.351 e. The second-order valence-electron chi connectivity index (χ2n) is 5.89. The molecule has 1 aliphatic rings. The van der Waals surface area contributed by atoms with Gasteiger partial charge in [-0.2, -0.15) is 0 Å². The molecule has 3 rings (SSSR count). The molecule has 0 aliphatic carbocycles. The van der Waals surface area contributed by atoms with E-state index in [9.17, 15) is 4.79 Å². The van der Waals surface area contributed by atoms with Gasteiger partial charge in [-0.1, -0.05) is 53.6 Å². The van der Waals surface area contributed by atoms with Crippen molar-refractivity contribution in [3.8, 4) is 0 Å². The molecule has 1 saturated heterocycles.